The van der Waals surface area contributed by atoms with E-state index in [1.807, 2.05) is 42.5 Å². The van der Waals surface area contributed by atoms with Gasteiger partial charge in [0.2, 0.25) is 0 Å². The normalized spacial score (nSPS) is 22.8. The maximum absolute atomic E-state index is 12.5. The van der Waals surface area contributed by atoms with Crippen molar-refractivity contribution in [3.8, 4) is 0 Å². The van der Waals surface area contributed by atoms with Crippen molar-refractivity contribution in [2.75, 3.05) is 0 Å². The zero-order valence-corrected chi connectivity index (χ0v) is 22.1. The standard InChI is InChI=1S/C25H40N2O5P2/c1-24(33(26,29)30,21-13-5-3-6-14-21)19-11-9-17-23(28)18-10-12-20-25(2,34(27,31)32)22-15-7-4-8-16-22/h3-8,13-15,22H,9-12,16-20H2,1-2H3,(H3,26,29,30)(H3,27,31,32). The first-order valence-corrected chi connectivity index (χ1v) is 15.4. The number of Topliss-reactive ketones (excluding diaryl/α,β-unsaturated/α-hetero) is 1. The molecule has 1 aliphatic carbocycles. The molecule has 190 valence electrons. The van der Waals surface area contributed by atoms with Gasteiger partial charge in [-0.1, -0.05) is 67.5 Å². The van der Waals surface area contributed by atoms with Crippen LogP contribution in [0.1, 0.15) is 77.2 Å². The zero-order chi connectivity index (χ0) is 25.5. The molecule has 0 saturated carbocycles. The number of allylic oxidation sites excluding steroid dienone is 4. The van der Waals surface area contributed by atoms with Crippen LogP contribution in [0.25, 0.3) is 0 Å². The summed E-state index contributed by atoms with van der Waals surface area (Å²) in [5.41, 5.74) is 12.1. The van der Waals surface area contributed by atoms with Crippen LogP contribution in [0.5, 0.6) is 0 Å². The summed E-state index contributed by atoms with van der Waals surface area (Å²) >= 11 is 0. The second kappa shape index (κ2) is 12.1. The van der Waals surface area contributed by atoms with Gasteiger partial charge in [-0.3, -0.25) is 24.9 Å². The molecule has 9 heteroatoms. The van der Waals surface area contributed by atoms with Gasteiger partial charge in [0.05, 0.1) is 10.3 Å². The summed E-state index contributed by atoms with van der Waals surface area (Å²) in [5, 5.41) is -1.97. The van der Waals surface area contributed by atoms with Crippen LogP contribution in [0, 0.1) is 5.92 Å². The largest absolute Gasteiger partial charge is 0.333 e. The number of hydrogen-bond acceptors (Lipinski definition) is 3. The second-order valence-corrected chi connectivity index (χ2v) is 14.4. The van der Waals surface area contributed by atoms with Crippen molar-refractivity contribution in [1.82, 2.24) is 0 Å². The molecular formula is C25H40N2O5P2. The number of carbonyl (C=O) groups is 1. The van der Waals surface area contributed by atoms with E-state index in [9.17, 15) is 23.7 Å². The molecule has 1 aromatic carbocycles. The minimum Gasteiger partial charge on any atom is -0.333 e. The molecule has 0 aliphatic heterocycles. The van der Waals surface area contributed by atoms with E-state index < -0.39 is 25.4 Å². The predicted molar refractivity (Wildman–Crippen MR) is 139 cm³/mol. The van der Waals surface area contributed by atoms with Gasteiger partial charge in [-0.05, 0) is 57.4 Å². The first-order chi connectivity index (χ1) is 15.8. The molecule has 7 nitrogen and oxygen atoms in total. The molecule has 1 aromatic rings. The van der Waals surface area contributed by atoms with Crippen molar-refractivity contribution in [2.45, 2.75) is 81.9 Å². The van der Waals surface area contributed by atoms with Gasteiger partial charge in [0.25, 0.3) is 15.0 Å². The van der Waals surface area contributed by atoms with Crippen LogP contribution in [0.15, 0.2) is 54.6 Å². The molecule has 0 spiro atoms. The zero-order valence-electron chi connectivity index (χ0n) is 20.3. The highest BCUT2D eigenvalue weighted by atomic mass is 31.2. The molecule has 0 amide bonds. The molecule has 34 heavy (non-hydrogen) atoms. The second-order valence-electron chi connectivity index (χ2n) is 9.85. The van der Waals surface area contributed by atoms with Gasteiger partial charge in [-0.25, -0.2) is 0 Å². The lowest BCUT2D eigenvalue weighted by Gasteiger charge is -2.38. The number of nitrogens with two attached hydrogens (primary N) is 2. The average molecular weight is 511 g/mol. The summed E-state index contributed by atoms with van der Waals surface area (Å²) in [6.07, 6.45) is 12.6. The molecule has 0 bridgehead atoms. The molecule has 0 heterocycles. The Morgan fingerprint density at radius 2 is 1.53 bits per heavy atom. The number of benzene rings is 1. The summed E-state index contributed by atoms with van der Waals surface area (Å²) in [7, 11) is -7.71. The third-order valence-electron chi connectivity index (χ3n) is 7.37. The van der Waals surface area contributed by atoms with Crippen LogP contribution >= 0.6 is 15.0 Å². The Morgan fingerprint density at radius 1 is 0.941 bits per heavy atom. The maximum atomic E-state index is 12.5. The summed E-state index contributed by atoms with van der Waals surface area (Å²) in [6, 6.07) is 9.10. The van der Waals surface area contributed by atoms with Crippen LogP contribution in [0.2, 0.25) is 0 Å². The SMILES string of the molecule is CC(CCCCC(=O)CCCCC(C)(C1C=CC=CC1)P(N)(=O)O)(c1ccccc1)P(N)(=O)O. The van der Waals surface area contributed by atoms with Crippen molar-refractivity contribution in [3.63, 3.8) is 0 Å². The van der Waals surface area contributed by atoms with E-state index in [1.54, 1.807) is 26.0 Å². The third kappa shape index (κ3) is 7.34. The first-order valence-electron chi connectivity index (χ1n) is 11.9. The fourth-order valence-corrected chi connectivity index (χ4v) is 6.78. The van der Waals surface area contributed by atoms with Gasteiger partial charge < -0.3 is 9.79 Å². The van der Waals surface area contributed by atoms with Crippen molar-refractivity contribution >= 4 is 20.8 Å². The first kappa shape index (κ1) is 28.9. The number of ketones is 1. The van der Waals surface area contributed by atoms with Gasteiger partial charge in [0.15, 0.2) is 0 Å². The fraction of sp³-hybridized carbons (Fsp3) is 0.560. The topological polar surface area (TPSA) is 144 Å². The van der Waals surface area contributed by atoms with E-state index in [4.69, 9.17) is 11.0 Å². The van der Waals surface area contributed by atoms with Crippen molar-refractivity contribution in [1.29, 1.82) is 0 Å². The lowest BCUT2D eigenvalue weighted by Crippen LogP contribution is -2.36. The van der Waals surface area contributed by atoms with Crippen LogP contribution in [0.3, 0.4) is 0 Å². The van der Waals surface area contributed by atoms with E-state index in [0.717, 1.165) is 5.56 Å². The Bertz CT molecular complexity index is 969. The number of carbonyl (C=O) groups excluding carboxylic acids is 1. The van der Waals surface area contributed by atoms with Crippen molar-refractivity contribution in [2.24, 2.45) is 16.9 Å². The number of rotatable bonds is 14. The van der Waals surface area contributed by atoms with Crippen LogP contribution in [-0.4, -0.2) is 20.7 Å². The van der Waals surface area contributed by atoms with Gasteiger partial charge in [-0.2, -0.15) is 0 Å². The van der Waals surface area contributed by atoms with Gasteiger partial charge in [0, 0.05) is 12.8 Å². The Balaban J connectivity index is 1.79. The molecule has 2 rings (SSSR count). The van der Waals surface area contributed by atoms with Gasteiger partial charge in [-0.15, -0.1) is 0 Å². The van der Waals surface area contributed by atoms with E-state index >= 15 is 0 Å². The molecular weight excluding hydrogens is 470 g/mol. The molecule has 0 saturated heterocycles. The lowest BCUT2D eigenvalue weighted by molar-refractivity contribution is -0.119. The molecule has 5 atom stereocenters. The van der Waals surface area contributed by atoms with Gasteiger partial charge in [0.1, 0.15) is 5.78 Å². The molecule has 6 N–H and O–H groups in total. The molecule has 0 aromatic heterocycles. The summed E-state index contributed by atoms with van der Waals surface area (Å²) < 4.78 is 24.9. The average Bonchev–Trinajstić information content (AvgIpc) is 2.79. The summed E-state index contributed by atoms with van der Waals surface area (Å²) in [5.74, 6) is 0.0291. The Labute approximate surface area is 203 Å². The highest BCUT2D eigenvalue weighted by Gasteiger charge is 2.45. The summed E-state index contributed by atoms with van der Waals surface area (Å²) in [4.78, 5) is 32.8. The monoisotopic (exact) mass is 510 g/mol. The van der Waals surface area contributed by atoms with E-state index in [0.29, 0.717) is 57.8 Å². The molecule has 0 fully saturated rings. The minimum absolute atomic E-state index is 0.0991. The quantitative estimate of drug-likeness (QED) is 0.184. The number of hydrogen-bond donors (Lipinski definition) is 4. The highest BCUT2D eigenvalue weighted by molar-refractivity contribution is 7.57. The minimum atomic E-state index is -3.88. The highest BCUT2D eigenvalue weighted by Crippen LogP contribution is 2.57. The van der Waals surface area contributed by atoms with E-state index in [2.05, 4.69) is 0 Å². The maximum Gasteiger partial charge on any atom is 0.274 e. The Morgan fingerprint density at radius 3 is 2.03 bits per heavy atom. The van der Waals surface area contributed by atoms with Gasteiger partial charge >= 0.3 is 0 Å². The molecule has 5 unspecified atom stereocenters. The molecule has 0 radical (unpaired) electrons. The predicted octanol–water partition coefficient (Wildman–Crippen LogP) is 5.77. The Kier molecular flexibility index (Phi) is 10.3. The lowest BCUT2D eigenvalue weighted by atomic mass is 9.83. The van der Waals surface area contributed by atoms with Crippen molar-refractivity contribution < 1.29 is 23.7 Å². The van der Waals surface area contributed by atoms with Crippen LogP contribution < -0.4 is 11.0 Å². The smallest absolute Gasteiger partial charge is 0.274 e. The summed E-state index contributed by atoms with van der Waals surface area (Å²) in [6.45, 7) is 3.47. The fourth-order valence-electron chi connectivity index (χ4n) is 4.63. The van der Waals surface area contributed by atoms with Crippen LogP contribution in [0.4, 0.5) is 0 Å². The van der Waals surface area contributed by atoms with E-state index in [1.165, 1.54) is 0 Å². The Hall–Kier alpha value is -1.33. The number of unbranched alkanes of at least 4 members (excludes halogenated alkanes) is 2. The molecule has 1 aliphatic rings. The van der Waals surface area contributed by atoms with Crippen molar-refractivity contribution in [3.05, 3.63) is 60.2 Å². The van der Waals surface area contributed by atoms with Crippen LogP contribution in [-0.2, 0) is 19.1 Å². The van der Waals surface area contributed by atoms with E-state index in [-0.39, 0.29) is 11.7 Å². The third-order valence-corrected chi connectivity index (χ3v) is 11.3.